The van der Waals surface area contributed by atoms with Crippen molar-refractivity contribution in [2.75, 3.05) is 33.4 Å². The number of rotatable bonds is 4. The van der Waals surface area contributed by atoms with Crippen molar-refractivity contribution in [3.05, 3.63) is 0 Å². The largest absolute Gasteiger partial charge is 0.384 e. The number of nitrogens with zero attached hydrogens (tertiary/aromatic N) is 1. The average Bonchev–Trinajstić information content (AvgIpc) is 2.77. The third-order valence-electron chi connectivity index (χ3n) is 3.91. The Morgan fingerprint density at radius 1 is 1.40 bits per heavy atom. The van der Waals surface area contributed by atoms with Crippen LogP contribution in [0.3, 0.4) is 0 Å². The van der Waals surface area contributed by atoms with Gasteiger partial charge >= 0.3 is 0 Å². The van der Waals surface area contributed by atoms with E-state index in [2.05, 4.69) is 4.90 Å². The first-order valence-corrected chi connectivity index (χ1v) is 6.22. The average molecular weight is 212 g/mol. The summed E-state index contributed by atoms with van der Waals surface area (Å²) >= 11 is 0. The highest BCUT2D eigenvalue weighted by Crippen LogP contribution is 2.29. The maximum Gasteiger partial charge on any atom is 0.0503 e. The van der Waals surface area contributed by atoms with Gasteiger partial charge in [0.05, 0.1) is 6.61 Å². The van der Waals surface area contributed by atoms with Crippen LogP contribution in [0.15, 0.2) is 0 Å². The molecule has 88 valence electrons. The SMILES string of the molecule is COCC1CCN(CC2(N)CCCC2)C1. The van der Waals surface area contributed by atoms with Gasteiger partial charge < -0.3 is 15.4 Å². The van der Waals surface area contributed by atoms with Gasteiger partial charge in [-0.25, -0.2) is 0 Å². The minimum Gasteiger partial charge on any atom is -0.384 e. The standard InChI is InChI=1S/C12H24N2O/c1-15-9-11-4-7-14(8-11)10-12(13)5-2-3-6-12/h11H,2-10,13H2,1H3. The van der Waals surface area contributed by atoms with Crippen LogP contribution in [0.5, 0.6) is 0 Å². The Kier molecular flexibility index (Phi) is 3.65. The van der Waals surface area contributed by atoms with E-state index >= 15 is 0 Å². The highest BCUT2D eigenvalue weighted by atomic mass is 16.5. The highest BCUT2D eigenvalue weighted by Gasteiger charge is 2.33. The Morgan fingerprint density at radius 2 is 2.13 bits per heavy atom. The van der Waals surface area contributed by atoms with Crippen LogP contribution in [0.25, 0.3) is 0 Å². The number of likely N-dealkylation sites (tertiary alicyclic amines) is 1. The van der Waals surface area contributed by atoms with E-state index in [4.69, 9.17) is 10.5 Å². The van der Waals surface area contributed by atoms with Crippen molar-refractivity contribution >= 4 is 0 Å². The summed E-state index contributed by atoms with van der Waals surface area (Å²) < 4.78 is 5.21. The molecule has 2 fully saturated rings. The van der Waals surface area contributed by atoms with Gasteiger partial charge in [0.25, 0.3) is 0 Å². The molecule has 1 heterocycles. The second-order valence-electron chi connectivity index (χ2n) is 5.41. The molecule has 0 aromatic rings. The van der Waals surface area contributed by atoms with E-state index < -0.39 is 0 Å². The van der Waals surface area contributed by atoms with E-state index in [0.29, 0.717) is 0 Å². The maximum atomic E-state index is 6.39. The fourth-order valence-electron chi connectivity index (χ4n) is 3.11. The number of methoxy groups -OCH3 is 1. The summed E-state index contributed by atoms with van der Waals surface area (Å²) in [5.41, 5.74) is 6.51. The fourth-order valence-corrected chi connectivity index (χ4v) is 3.11. The summed E-state index contributed by atoms with van der Waals surface area (Å²) in [6.07, 6.45) is 6.37. The molecule has 1 saturated heterocycles. The monoisotopic (exact) mass is 212 g/mol. The minimum absolute atomic E-state index is 0.127. The fraction of sp³-hybridized carbons (Fsp3) is 1.00. The van der Waals surface area contributed by atoms with Gasteiger partial charge in [-0.2, -0.15) is 0 Å². The van der Waals surface area contributed by atoms with E-state index in [1.54, 1.807) is 7.11 Å². The number of nitrogens with two attached hydrogens (primary N) is 1. The molecule has 1 aliphatic heterocycles. The molecule has 3 heteroatoms. The molecule has 2 N–H and O–H groups in total. The Morgan fingerprint density at radius 3 is 2.80 bits per heavy atom. The molecule has 1 saturated carbocycles. The van der Waals surface area contributed by atoms with Crippen LogP contribution in [-0.2, 0) is 4.74 Å². The molecule has 3 nitrogen and oxygen atoms in total. The smallest absolute Gasteiger partial charge is 0.0503 e. The predicted molar refractivity (Wildman–Crippen MR) is 61.8 cm³/mol. The quantitative estimate of drug-likeness (QED) is 0.761. The minimum atomic E-state index is 0.127. The van der Waals surface area contributed by atoms with Crippen molar-refractivity contribution in [2.24, 2.45) is 11.7 Å². The van der Waals surface area contributed by atoms with E-state index in [1.165, 1.54) is 45.2 Å². The van der Waals surface area contributed by atoms with Crippen LogP contribution in [-0.4, -0.2) is 43.8 Å². The van der Waals surface area contributed by atoms with Gasteiger partial charge in [-0.15, -0.1) is 0 Å². The van der Waals surface area contributed by atoms with Gasteiger partial charge in [-0.3, -0.25) is 0 Å². The molecule has 0 spiro atoms. The summed E-state index contributed by atoms with van der Waals surface area (Å²) in [4.78, 5) is 2.54. The molecule has 0 bridgehead atoms. The van der Waals surface area contributed by atoms with E-state index in [1.807, 2.05) is 0 Å². The molecular formula is C12H24N2O. The normalized spacial score (nSPS) is 31.2. The lowest BCUT2D eigenvalue weighted by molar-refractivity contribution is 0.149. The van der Waals surface area contributed by atoms with Crippen molar-refractivity contribution in [2.45, 2.75) is 37.6 Å². The summed E-state index contributed by atoms with van der Waals surface area (Å²) in [6, 6.07) is 0. The van der Waals surface area contributed by atoms with Crippen LogP contribution in [0.2, 0.25) is 0 Å². The molecule has 1 aliphatic carbocycles. The molecule has 15 heavy (non-hydrogen) atoms. The van der Waals surface area contributed by atoms with E-state index in [-0.39, 0.29) is 5.54 Å². The van der Waals surface area contributed by atoms with Crippen molar-refractivity contribution in [3.63, 3.8) is 0 Å². The summed E-state index contributed by atoms with van der Waals surface area (Å²) in [5.74, 6) is 0.736. The van der Waals surface area contributed by atoms with E-state index in [0.717, 1.165) is 19.1 Å². The topological polar surface area (TPSA) is 38.5 Å². The number of hydrogen-bond acceptors (Lipinski definition) is 3. The Bertz CT molecular complexity index is 202. The molecular weight excluding hydrogens is 188 g/mol. The third-order valence-corrected chi connectivity index (χ3v) is 3.91. The van der Waals surface area contributed by atoms with Crippen LogP contribution in [0.1, 0.15) is 32.1 Å². The number of hydrogen-bond donors (Lipinski definition) is 1. The molecule has 0 amide bonds. The van der Waals surface area contributed by atoms with Crippen molar-refractivity contribution in [3.8, 4) is 0 Å². The van der Waals surface area contributed by atoms with Crippen molar-refractivity contribution in [1.29, 1.82) is 0 Å². The molecule has 0 aromatic heterocycles. The molecule has 1 atom stereocenters. The molecule has 2 aliphatic rings. The summed E-state index contributed by atoms with van der Waals surface area (Å²) in [5, 5.41) is 0. The zero-order valence-corrected chi connectivity index (χ0v) is 9.87. The van der Waals surface area contributed by atoms with Gasteiger partial charge in [0, 0.05) is 25.7 Å². The van der Waals surface area contributed by atoms with E-state index in [9.17, 15) is 0 Å². The van der Waals surface area contributed by atoms with Gasteiger partial charge in [0.1, 0.15) is 0 Å². The van der Waals surface area contributed by atoms with Crippen molar-refractivity contribution < 1.29 is 4.74 Å². The first kappa shape index (κ1) is 11.4. The van der Waals surface area contributed by atoms with Gasteiger partial charge in [0.2, 0.25) is 0 Å². The van der Waals surface area contributed by atoms with Gasteiger partial charge in [-0.1, -0.05) is 12.8 Å². The maximum absolute atomic E-state index is 6.39. The Hall–Kier alpha value is -0.120. The molecule has 2 rings (SSSR count). The van der Waals surface area contributed by atoms with Crippen LogP contribution < -0.4 is 5.73 Å². The Labute approximate surface area is 93.0 Å². The highest BCUT2D eigenvalue weighted by molar-refractivity contribution is 4.93. The summed E-state index contributed by atoms with van der Waals surface area (Å²) in [6.45, 7) is 4.42. The Balaban J connectivity index is 1.76. The lowest BCUT2D eigenvalue weighted by Gasteiger charge is -2.29. The van der Waals surface area contributed by atoms with Gasteiger partial charge in [0.15, 0.2) is 0 Å². The lowest BCUT2D eigenvalue weighted by Crippen LogP contribution is -2.47. The molecule has 1 unspecified atom stereocenters. The zero-order chi connectivity index (χ0) is 10.7. The van der Waals surface area contributed by atoms with Gasteiger partial charge in [-0.05, 0) is 31.7 Å². The predicted octanol–water partition coefficient (Wildman–Crippen LogP) is 1.23. The van der Waals surface area contributed by atoms with Crippen LogP contribution >= 0.6 is 0 Å². The summed E-state index contributed by atoms with van der Waals surface area (Å²) in [7, 11) is 1.80. The first-order valence-electron chi connectivity index (χ1n) is 6.22. The molecule has 0 radical (unpaired) electrons. The van der Waals surface area contributed by atoms with Crippen molar-refractivity contribution in [1.82, 2.24) is 4.90 Å². The van der Waals surface area contributed by atoms with Crippen LogP contribution in [0, 0.1) is 5.92 Å². The zero-order valence-electron chi connectivity index (χ0n) is 9.87. The number of ether oxygens (including phenoxy) is 1. The molecule has 0 aromatic carbocycles. The second kappa shape index (κ2) is 4.81. The lowest BCUT2D eigenvalue weighted by atomic mass is 9.99. The third kappa shape index (κ3) is 2.92. The second-order valence-corrected chi connectivity index (χ2v) is 5.41. The van der Waals surface area contributed by atoms with Crippen LogP contribution in [0.4, 0.5) is 0 Å². The first-order chi connectivity index (χ1) is 7.22.